The van der Waals surface area contributed by atoms with Gasteiger partial charge in [0.15, 0.2) is 0 Å². The molecular formula is C23H31N3O6S. The average Bonchev–Trinajstić information content (AvgIpc) is 3.12. The summed E-state index contributed by atoms with van der Waals surface area (Å²) < 4.78 is 38.5. The van der Waals surface area contributed by atoms with Crippen LogP contribution < -0.4 is 10.1 Å². The minimum Gasteiger partial charge on any atom is -0.497 e. The topological polar surface area (TPSA) is 118 Å². The van der Waals surface area contributed by atoms with Crippen LogP contribution in [0.5, 0.6) is 5.75 Å². The van der Waals surface area contributed by atoms with Crippen LogP contribution in [0.25, 0.3) is 0 Å². The highest BCUT2D eigenvalue weighted by atomic mass is 32.2. The molecule has 2 N–H and O–H groups in total. The summed E-state index contributed by atoms with van der Waals surface area (Å²) in [5.41, 5.74) is 1.76. The third kappa shape index (κ3) is 5.39. The molecule has 2 aromatic rings. The van der Waals surface area contributed by atoms with Crippen molar-refractivity contribution >= 4 is 21.9 Å². The molecular weight excluding hydrogens is 446 g/mol. The van der Waals surface area contributed by atoms with Gasteiger partial charge in [0.1, 0.15) is 16.2 Å². The number of sulfonamides is 1. The number of benzene rings is 1. The lowest BCUT2D eigenvalue weighted by Crippen LogP contribution is -2.45. The molecule has 1 aliphatic heterocycles. The summed E-state index contributed by atoms with van der Waals surface area (Å²) in [6.07, 6.45) is 1.15. The maximum absolute atomic E-state index is 13.5. The maximum atomic E-state index is 13.5. The number of piperidine rings is 1. The molecule has 33 heavy (non-hydrogen) atoms. The number of ether oxygens (including phenoxy) is 2. The Balaban J connectivity index is 1.74. The van der Waals surface area contributed by atoms with Gasteiger partial charge in [0, 0.05) is 31.0 Å². The van der Waals surface area contributed by atoms with Gasteiger partial charge in [-0.05, 0) is 51.3 Å². The predicted octanol–water partition coefficient (Wildman–Crippen LogP) is 2.53. The summed E-state index contributed by atoms with van der Waals surface area (Å²) in [7, 11) is -2.41. The summed E-state index contributed by atoms with van der Waals surface area (Å²) in [6.45, 7) is 5.76. The average molecular weight is 478 g/mol. The molecule has 2 heterocycles. The van der Waals surface area contributed by atoms with Crippen molar-refractivity contribution in [2.24, 2.45) is 5.92 Å². The Hall–Kier alpha value is -2.85. The molecule has 0 aliphatic carbocycles. The third-order valence-electron chi connectivity index (χ3n) is 5.78. The number of H-pyrrole nitrogens is 1. The number of carbonyl (C=O) groups is 2. The normalized spacial score (nSPS) is 16.9. The summed E-state index contributed by atoms with van der Waals surface area (Å²) in [4.78, 5) is 28.1. The van der Waals surface area contributed by atoms with Gasteiger partial charge in [0.05, 0.1) is 19.6 Å². The van der Waals surface area contributed by atoms with E-state index in [0.717, 1.165) is 11.3 Å². The van der Waals surface area contributed by atoms with Crippen molar-refractivity contribution in [1.82, 2.24) is 14.6 Å². The van der Waals surface area contributed by atoms with E-state index in [4.69, 9.17) is 9.47 Å². The lowest BCUT2D eigenvalue weighted by molar-refractivity contribution is -0.126. The van der Waals surface area contributed by atoms with Crippen molar-refractivity contribution in [3.8, 4) is 5.75 Å². The van der Waals surface area contributed by atoms with E-state index in [-0.39, 0.29) is 36.1 Å². The standard InChI is InChI=1S/C23H31N3O6S/c1-5-32-23(28)20-15(2)25-16(3)21(20)33(29,30)26-12-6-7-18(14-26)22(27)24-13-17-8-10-19(31-4)11-9-17/h8-11,18,25H,5-7,12-14H2,1-4H3,(H,24,27)/t18-/m1/s1. The number of nitrogens with zero attached hydrogens (tertiary/aromatic N) is 1. The van der Waals surface area contributed by atoms with Crippen LogP contribution in [0.4, 0.5) is 0 Å². The molecule has 10 heteroatoms. The van der Waals surface area contributed by atoms with Gasteiger partial charge in [-0.15, -0.1) is 0 Å². The van der Waals surface area contributed by atoms with E-state index in [2.05, 4.69) is 10.3 Å². The molecule has 9 nitrogen and oxygen atoms in total. The highest BCUT2D eigenvalue weighted by molar-refractivity contribution is 7.89. The molecule has 0 radical (unpaired) electrons. The van der Waals surface area contributed by atoms with Gasteiger partial charge in [-0.25, -0.2) is 13.2 Å². The van der Waals surface area contributed by atoms with Crippen molar-refractivity contribution in [2.75, 3.05) is 26.8 Å². The molecule has 1 amide bonds. The fourth-order valence-corrected chi connectivity index (χ4v) is 6.05. The van der Waals surface area contributed by atoms with Crippen molar-refractivity contribution in [3.63, 3.8) is 0 Å². The van der Waals surface area contributed by atoms with Crippen LogP contribution in [0.2, 0.25) is 0 Å². The van der Waals surface area contributed by atoms with Crippen molar-refractivity contribution in [2.45, 2.75) is 45.1 Å². The Morgan fingerprint density at radius 1 is 1.18 bits per heavy atom. The smallest absolute Gasteiger partial charge is 0.341 e. The Bertz CT molecular complexity index is 1110. The molecule has 1 fully saturated rings. The number of aromatic nitrogens is 1. The molecule has 1 saturated heterocycles. The van der Waals surface area contributed by atoms with Crippen LogP contribution >= 0.6 is 0 Å². The second kappa shape index (κ2) is 10.4. The number of hydrogen-bond acceptors (Lipinski definition) is 6. The minimum absolute atomic E-state index is 0.0282. The van der Waals surface area contributed by atoms with Gasteiger partial charge in [0.2, 0.25) is 15.9 Å². The van der Waals surface area contributed by atoms with Crippen molar-refractivity contribution < 1.29 is 27.5 Å². The number of methoxy groups -OCH3 is 1. The first-order chi connectivity index (χ1) is 15.7. The van der Waals surface area contributed by atoms with Crippen LogP contribution in [-0.4, -0.2) is 56.4 Å². The van der Waals surface area contributed by atoms with Gasteiger partial charge in [-0.1, -0.05) is 12.1 Å². The molecule has 1 atom stereocenters. The van der Waals surface area contributed by atoms with Crippen molar-refractivity contribution in [1.29, 1.82) is 0 Å². The van der Waals surface area contributed by atoms with E-state index in [1.165, 1.54) is 4.31 Å². The first kappa shape index (κ1) is 24.8. The lowest BCUT2D eigenvalue weighted by Gasteiger charge is -2.31. The summed E-state index contributed by atoms with van der Waals surface area (Å²) in [5, 5.41) is 2.90. The first-order valence-electron chi connectivity index (χ1n) is 11.0. The molecule has 3 rings (SSSR count). The second-order valence-corrected chi connectivity index (χ2v) is 9.94. The molecule has 0 unspecified atom stereocenters. The fourth-order valence-electron chi connectivity index (χ4n) is 4.11. The number of esters is 1. The fraction of sp³-hybridized carbons (Fsp3) is 0.478. The summed E-state index contributed by atoms with van der Waals surface area (Å²) in [5.74, 6) is -0.615. The predicted molar refractivity (Wildman–Crippen MR) is 123 cm³/mol. The van der Waals surface area contributed by atoms with E-state index in [9.17, 15) is 18.0 Å². The second-order valence-electron chi connectivity index (χ2n) is 8.07. The Kier molecular flexibility index (Phi) is 7.80. The zero-order valence-corrected chi connectivity index (χ0v) is 20.3. The molecule has 1 aliphatic rings. The Morgan fingerprint density at radius 3 is 2.52 bits per heavy atom. The monoisotopic (exact) mass is 477 g/mol. The van der Waals surface area contributed by atoms with Crippen LogP contribution in [0.3, 0.4) is 0 Å². The molecule has 0 saturated carbocycles. The van der Waals surface area contributed by atoms with Gasteiger partial charge >= 0.3 is 5.97 Å². The molecule has 0 spiro atoms. The number of aryl methyl sites for hydroxylation is 2. The van der Waals surface area contributed by atoms with E-state index in [1.807, 2.05) is 24.3 Å². The number of aromatic amines is 1. The zero-order chi connectivity index (χ0) is 24.2. The molecule has 0 bridgehead atoms. The summed E-state index contributed by atoms with van der Waals surface area (Å²) >= 11 is 0. The number of amides is 1. The van der Waals surface area contributed by atoms with Crippen molar-refractivity contribution in [3.05, 3.63) is 46.8 Å². The Morgan fingerprint density at radius 2 is 1.88 bits per heavy atom. The van der Waals surface area contributed by atoms with Gasteiger partial charge in [-0.3, -0.25) is 4.79 Å². The Labute approximate surface area is 194 Å². The first-order valence-corrected chi connectivity index (χ1v) is 12.4. The molecule has 180 valence electrons. The molecule has 1 aromatic carbocycles. The zero-order valence-electron chi connectivity index (χ0n) is 19.4. The molecule has 1 aromatic heterocycles. The lowest BCUT2D eigenvalue weighted by atomic mass is 9.99. The summed E-state index contributed by atoms with van der Waals surface area (Å²) in [6, 6.07) is 7.37. The minimum atomic E-state index is -4.00. The highest BCUT2D eigenvalue weighted by Crippen LogP contribution is 2.30. The third-order valence-corrected chi connectivity index (χ3v) is 7.81. The number of nitrogens with one attached hydrogen (secondary N) is 2. The van der Waals surface area contributed by atoms with Crippen LogP contribution in [-0.2, 0) is 26.1 Å². The number of rotatable bonds is 8. The number of hydrogen-bond donors (Lipinski definition) is 2. The quantitative estimate of drug-likeness (QED) is 0.564. The van der Waals surface area contributed by atoms with E-state index in [1.54, 1.807) is 27.9 Å². The van der Waals surface area contributed by atoms with E-state index in [0.29, 0.717) is 30.8 Å². The van der Waals surface area contributed by atoms with Crippen LogP contribution in [0.1, 0.15) is 47.1 Å². The largest absolute Gasteiger partial charge is 0.497 e. The maximum Gasteiger partial charge on any atom is 0.341 e. The van der Waals surface area contributed by atoms with Gasteiger partial charge < -0.3 is 19.8 Å². The van der Waals surface area contributed by atoms with E-state index < -0.39 is 21.9 Å². The SMILES string of the molecule is CCOC(=O)c1c(C)[nH]c(C)c1S(=O)(=O)N1CCC[C@@H](C(=O)NCc2ccc(OC)cc2)C1. The van der Waals surface area contributed by atoms with Crippen LogP contribution in [0, 0.1) is 19.8 Å². The van der Waals surface area contributed by atoms with Crippen LogP contribution in [0.15, 0.2) is 29.2 Å². The number of carbonyl (C=O) groups excluding carboxylic acids is 2. The van der Waals surface area contributed by atoms with Gasteiger partial charge in [-0.2, -0.15) is 4.31 Å². The van der Waals surface area contributed by atoms with Gasteiger partial charge in [0.25, 0.3) is 0 Å². The highest BCUT2D eigenvalue weighted by Gasteiger charge is 2.38. The van der Waals surface area contributed by atoms with E-state index >= 15 is 0 Å².